The molecular weight excluding hydrogens is 193 g/mol. The van der Waals surface area contributed by atoms with Gasteiger partial charge in [0, 0.05) is 0 Å². The number of hydrogen-bond acceptors (Lipinski definition) is 1. The molecule has 0 heterocycles. The molecule has 1 aliphatic rings. The zero-order valence-electron chi connectivity index (χ0n) is 8.29. The number of nitrogens with one attached hydrogen (secondary N) is 1. The van der Waals surface area contributed by atoms with Crippen molar-refractivity contribution in [2.45, 2.75) is 18.9 Å². The Morgan fingerprint density at radius 2 is 2.40 bits per heavy atom. The van der Waals surface area contributed by atoms with Crippen molar-refractivity contribution in [1.29, 1.82) is 0 Å². The number of carbonyl (C=O) groups is 1. The first kappa shape index (κ1) is 9.90. The highest BCUT2D eigenvalue weighted by Crippen LogP contribution is 2.32. The molecule has 1 atom stereocenters. The molecule has 0 fully saturated rings. The molecule has 0 saturated carbocycles. The highest BCUT2D eigenvalue weighted by atomic mass is 19.1. The normalized spacial score (nSPS) is 18.3. The van der Waals surface area contributed by atoms with Gasteiger partial charge in [-0.1, -0.05) is 18.7 Å². The first-order chi connectivity index (χ1) is 7.22. The van der Waals surface area contributed by atoms with E-state index in [0.29, 0.717) is 6.42 Å². The van der Waals surface area contributed by atoms with Gasteiger partial charge in [-0.15, -0.1) is 0 Å². The molecule has 1 aromatic carbocycles. The Labute approximate surface area is 87.8 Å². The molecule has 15 heavy (non-hydrogen) atoms. The maximum atomic E-state index is 13.4. The van der Waals surface area contributed by atoms with Crippen molar-refractivity contribution in [3.8, 4) is 0 Å². The third-order valence-electron chi connectivity index (χ3n) is 2.72. The Kier molecular flexibility index (Phi) is 2.54. The summed E-state index contributed by atoms with van der Waals surface area (Å²) in [6.07, 6.45) is 2.68. The molecule has 2 rings (SSSR count). The van der Waals surface area contributed by atoms with Gasteiger partial charge in [0.1, 0.15) is 5.82 Å². The van der Waals surface area contributed by atoms with Crippen LogP contribution >= 0.6 is 0 Å². The Bertz CT molecular complexity index is 414. The highest BCUT2D eigenvalue weighted by molar-refractivity contribution is 5.87. The molecule has 2 nitrogen and oxygen atoms in total. The molecule has 0 spiro atoms. The molecular formula is C12H12FNO. The fraction of sp³-hybridized carbons (Fsp3) is 0.250. The number of carbonyl (C=O) groups excluding carboxylic acids is 1. The Morgan fingerprint density at radius 3 is 3.13 bits per heavy atom. The van der Waals surface area contributed by atoms with E-state index in [-0.39, 0.29) is 17.8 Å². The van der Waals surface area contributed by atoms with Crippen LogP contribution in [0.5, 0.6) is 0 Å². The molecule has 0 saturated heterocycles. The summed E-state index contributed by atoms with van der Waals surface area (Å²) < 4.78 is 13.4. The quantitative estimate of drug-likeness (QED) is 0.736. The summed E-state index contributed by atoms with van der Waals surface area (Å²) in [5, 5.41) is 2.79. The topological polar surface area (TPSA) is 29.1 Å². The van der Waals surface area contributed by atoms with Crippen LogP contribution in [0.3, 0.4) is 0 Å². The standard InChI is InChI=1S/C12H12FNO/c1-2-12(15)14-11-7-6-8-9(11)4-3-5-10(8)13/h2-5,11H,1,6-7H2,(H,14,15)/t11-/m1/s1. The first-order valence-electron chi connectivity index (χ1n) is 4.92. The molecule has 0 aliphatic heterocycles. The van der Waals surface area contributed by atoms with Gasteiger partial charge < -0.3 is 5.32 Å². The average Bonchev–Trinajstić information content (AvgIpc) is 2.63. The van der Waals surface area contributed by atoms with Crippen molar-refractivity contribution in [1.82, 2.24) is 5.32 Å². The SMILES string of the molecule is C=CC(=O)N[C@@H]1CCc2c(F)cccc21. The lowest BCUT2D eigenvalue weighted by molar-refractivity contribution is -0.117. The molecule has 1 aliphatic carbocycles. The Morgan fingerprint density at radius 1 is 1.60 bits per heavy atom. The number of benzene rings is 1. The summed E-state index contributed by atoms with van der Waals surface area (Å²) in [4.78, 5) is 11.1. The molecule has 0 unspecified atom stereocenters. The van der Waals surface area contributed by atoms with Crippen LogP contribution in [0.4, 0.5) is 4.39 Å². The van der Waals surface area contributed by atoms with Crippen LogP contribution in [-0.4, -0.2) is 5.91 Å². The zero-order valence-corrected chi connectivity index (χ0v) is 8.29. The van der Waals surface area contributed by atoms with E-state index in [9.17, 15) is 9.18 Å². The molecule has 1 N–H and O–H groups in total. The third-order valence-corrected chi connectivity index (χ3v) is 2.72. The van der Waals surface area contributed by atoms with E-state index in [1.54, 1.807) is 6.07 Å². The number of hydrogen-bond donors (Lipinski definition) is 1. The second-order valence-corrected chi connectivity index (χ2v) is 3.61. The predicted molar refractivity (Wildman–Crippen MR) is 55.8 cm³/mol. The van der Waals surface area contributed by atoms with Gasteiger partial charge in [-0.25, -0.2) is 4.39 Å². The second-order valence-electron chi connectivity index (χ2n) is 3.61. The van der Waals surface area contributed by atoms with Gasteiger partial charge in [0.25, 0.3) is 0 Å². The third kappa shape index (κ3) is 1.77. The van der Waals surface area contributed by atoms with Crippen LogP contribution < -0.4 is 5.32 Å². The van der Waals surface area contributed by atoms with Crippen molar-refractivity contribution in [2.24, 2.45) is 0 Å². The average molecular weight is 205 g/mol. The summed E-state index contributed by atoms with van der Waals surface area (Å²) in [7, 11) is 0. The molecule has 78 valence electrons. The van der Waals surface area contributed by atoms with Crippen LogP contribution in [0, 0.1) is 5.82 Å². The minimum absolute atomic E-state index is 0.0683. The van der Waals surface area contributed by atoms with Crippen LogP contribution in [0.1, 0.15) is 23.6 Å². The lowest BCUT2D eigenvalue weighted by Gasteiger charge is -2.12. The fourth-order valence-corrected chi connectivity index (χ4v) is 1.99. The molecule has 0 radical (unpaired) electrons. The van der Waals surface area contributed by atoms with Crippen molar-refractivity contribution < 1.29 is 9.18 Å². The van der Waals surface area contributed by atoms with E-state index in [1.165, 1.54) is 12.1 Å². The Hall–Kier alpha value is -1.64. The first-order valence-corrected chi connectivity index (χ1v) is 4.92. The van der Waals surface area contributed by atoms with Gasteiger partial charge in [0.15, 0.2) is 0 Å². The summed E-state index contributed by atoms with van der Waals surface area (Å²) in [5.41, 5.74) is 1.62. The summed E-state index contributed by atoms with van der Waals surface area (Å²) in [6.45, 7) is 3.39. The van der Waals surface area contributed by atoms with E-state index < -0.39 is 0 Å². The van der Waals surface area contributed by atoms with Gasteiger partial charge >= 0.3 is 0 Å². The molecule has 1 aromatic rings. The monoisotopic (exact) mass is 205 g/mol. The molecule has 3 heteroatoms. The minimum atomic E-state index is -0.211. The number of halogens is 1. The minimum Gasteiger partial charge on any atom is -0.346 e. The largest absolute Gasteiger partial charge is 0.346 e. The van der Waals surface area contributed by atoms with E-state index in [0.717, 1.165) is 17.5 Å². The smallest absolute Gasteiger partial charge is 0.243 e. The van der Waals surface area contributed by atoms with Crippen LogP contribution in [0.25, 0.3) is 0 Å². The maximum Gasteiger partial charge on any atom is 0.243 e. The van der Waals surface area contributed by atoms with Crippen molar-refractivity contribution >= 4 is 5.91 Å². The van der Waals surface area contributed by atoms with Crippen molar-refractivity contribution in [2.75, 3.05) is 0 Å². The van der Waals surface area contributed by atoms with Crippen LogP contribution in [-0.2, 0) is 11.2 Å². The van der Waals surface area contributed by atoms with Gasteiger partial charge in [-0.05, 0) is 36.1 Å². The summed E-state index contributed by atoms with van der Waals surface area (Å²) >= 11 is 0. The molecule has 0 bridgehead atoms. The summed E-state index contributed by atoms with van der Waals surface area (Å²) in [5.74, 6) is -0.389. The van der Waals surface area contributed by atoms with Crippen LogP contribution in [0.2, 0.25) is 0 Å². The fourth-order valence-electron chi connectivity index (χ4n) is 1.99. The molecule has 0 aromatic heterocycles. The highest BCUT2D eigenvalue weighted by Gasteiger charge is 2.25. The van der Waals surface area contributed by atoms with E-state index in [4.69, 9.17) is 0 Å². The number of amides is 1. The van der Waals surface area contributed by atoms with Gasteiger partial charge in [-0.2, -0.15) is 0 Å². The van der Waals surface area contributed by atoms with Gasteiger partial charge in [-0.3, -0.25) is 4.79 Å². The molecule has 1 amide bonds. The Balaban J connectivity index is 2.25. The van der Waals surface area contributed by atoms with E-state index in [1.807, 2.05) is 6.07 Å². The van der Waals surface area contributed by atoms with Gasteiger partial charge in [0.05, 0.1) is 6.04 Å². The lowest BCUT2D eigenvalue weighted by atomic mass is 10.1. The lowest BCUT2D eigenvalue weighted by Crippen LogP contribution is -2.24. The number of rotatable bonds is 2. The van der Waals surface area contributed by atoms with E-state index in [2.05, 4.69) is 11.9 Å². The van der Waals surface area contributed by atoms with Gasteiger partial charge in [0.2, 0.25) is 5.91 Å². The zero-order chi connectivity index (χ0) is 10.8. The van der Waals surface area contributed by atoms with Crippen LogP contribution in [0.15, 0.2) is 30.9 Å². The summed E-state index contributed by atoms with van der Waals surface area (Å²) in [6, 6.07) is 4.92. The second kappa shape index (κ2) is 3.85. The predicted octanol–water partition coefficient (Wildman–Crippen LogP) is 2.12. The maximum absolute atomic E-state index is 13.4. The van der Waals surface area contributed by atoms with Crippen molar-refractivity contribution in [3.05, 3.63) is 47.8 Å². The number of fused-ring (bicyclic) bond motifs is 1. The van der Waals surface area contributed by atoms with E-state index >= 15 is 0 Å². The van der Waals surface area contributed by atoms with Crippen molar-refractivity contribution in [3.63, 3.8) is 0 Å².